The molecule has 0 N–H and O–H groups in total. The summed E-state index contributed by atoms with van der Waals surface area (Å²) in [7, 11) is 0. The van der Waals surface area contributed by atoms with Gasteiger partial charge in [-0.1, -0.05) is 0 Å². The standard InChI is InChI=1S/C21H15.3C4H9.Sn/c1-17-12-14-20(15-13-18-8-4-2-5-9-18)21(16-17)19-10-6-3-7-11-19;3*1-3-4-2;/h2-11,14,16H,1H3;3*1,3-4H2,2H3;. The Morgan fingerprint density at radius 2 is 1.18 bits per heavy atom. The molecular formula is C33H42Sn. The molecule has 0 spiro atoms. The van der Waals surface area contributed by atoms with E-state index in [1.807, 2.05) is 0 Å². The van der Waals surface area contributed by atoms with Crippen molar-refractivity contribution in [3.63, 3.8) is 0 Å². The van der Waals surface area contributed by atoms with Crippen LogP contribution >= 0.6 is 0 Å². The molecule has 0 bridgehead atoms. The molecule has 0 aromatic heterocycles. The van der Waals surface area contributed by atoms with E-state index in [0.717, 1.165) is 5.56 Å². The number of benzene rings is 3. The van der Waals surface area contributed by atoms with Crippen LogP contribution in [0.5, 0.6) is 0 Å². The Hall–Kier alpha value is -1.98. The summed E-state index contributed by atoms with van der Waals surface area (Å²) < 4.78 is 6.22. The molecule has 0 aliphatic heterocycles. The van der Waals surface area contributed by atoms with Gasteiger partial charge in [-0.05, 0) is 0 Å². The van der Waals surface area contributed by atoms with E-state index in [0.29, 0.717) is 0 Å². The summed E-state index contributed by atoms with van der Waals surface area (Å²) in [4.78, 5) is 0. The zero-order valence-electron chi connectivity index (χ0n) is 21.8. The first-order valence-corrected chi connectivity index (χ1v) is 20.9. The van der Waals surface area contributed by atoms with Crippen molar-refractivity contribution < 1.29 is 0 Å². The Morgan fingerprint density at radius 1 is 0.647 bits per heavy atom. The van der Waals surface area contributed by atoms with Crippen molar-refractivity contribution in [1.82, 2.24) is 0 Å². The average Bonchev–Trinajstić information content (AvgIpc) is 2.89. The van der Waals surface area contributed by atoms with Gasteiger partial charge in [-0.3, -0.25) is 0 Å². The third-order valence-corrected chi connectivity index (χ3v) is 23.2. The summed E-state index contributed by atoms with van der Waals surface area (Å²) in [5.41, 5.74) is 6.36. The number of hydrogen-bond donors (Lipinski definition) is 0. The van der Waals surface area contributed by atoms with Crippen LogP contribution in [0, 0.1) is 18.8 Å². The summed E-state index contributed by atoms with van der Waals surface area (Å²) in [6, 6.07) is 26.3. The van der Waals surface area contributed by atoms with Crippen LogP contribution < -0.4 is 3.58 Å². The molecule has 178 valence electrons. The molecule has 0 fully saturated rings. The molecule has 0 atom stereocenters. The Labute approximate surface area is 213 Å². The van der Waals surface area contributed by atoms with E-state index in [1.54, 1.807) is 3.58 Å². The molecular weight excluding hydrogens is 515 g/mol. The van der Waals surface area contributed by atoms with E-state index in [1.165, 1.54) is 74.1 Å². The molecule has 3 rings (SSSR count). The van der Waals surface area contributed by atoms with E-state index >= 15 is 0 Å². The number of rotatable bonds is 11. The van der Waals surface area contributed by atoms with Crippen LogP contribution in [0.1, 0.15) is 76.0 Å². The van der Waals surface area contributed by atoms with Crippen molar-refractivity contribution >= 4 is 22.0 Å². The Kier molecular flexibility index (Phi) is 10.8. The van der Waals surface area contributed by atoms with E-state index in [9.17, 15) is 0 Å². The molecule has 0 unspecified atom stereocenters. The topological polar surface area (TPSA) is 0 Å². The fourth-order valence-corrected chi connectivity index (χ4v) is 22.4. The van der Waals surface area contributed by atoms with E-state index < -0.39 is 18.4 Å². The second kappa shape index (κ2) is 13.8. The van der Waals surface area contributed by atoms with Gasteiger partial charge in [-0.15, -0.1) is 0 Å². The average molecular weight is 557 g/mol. The zero-order chi connectivity index (χ0) is 24.2. The van der Waals surface area contributed by atoms with Gasteiger partial charge in [0.1, 0.15) is 0 Å². The fraction of sp³-hybridized carbons (Fsp3) is 0.394. The van der Waals surface area contributed by atoms with Crippen LogP contribution in [0.3, 0.4) is 0 Å². The van der Waals surface area contributed by atoms with E-state index in [-0.39, 0.29) is 0 Å². The fourth-order valence-electron chi connectivity index (χ4n) is 5.22. The van der Waals surface area contributed by atoms with E-state index in [4.69, 9.17) is 0 Å². The number of unbranched alkanes of at least 4 members (excludes halogenated alkanes) is 3. The van der Waals surface area contributed by atoms with Gasteiger partial charge in [0.2, 0.25) is 0 Å². The van der Waals surface area contributed by atoms with E-state index in [2.05, 4.69) is 112 Å². The molecule has 0 aliphatic rings. The maximum atomic E-state index is 3.62. The van der Waals surface area contributed by atoms with Crippen LogP contribution in [-0.4, -0.2) is 18.4 Å². The predicted molar refractivity (Wildman–Crippen MR) is 154 cm³/mol. The second-order valence-corrected chi connectivity index (χ2v) is 22.9. The molecule has 1 heteroatoms. The maximum absolute atomic E-state index is 3.62. The summed E-state index contributed by atoms with van der Waals surface area (Å²) in [5, 5.41) is 0. The SMILES string of the molecule is CCC[CH2][Sn]([CH2]CCC)([CH2]CCC)[c]1cc(C#Cc2ccccc2)c(-c2ccccc2)cc1C. The molecule has 0 saturated carbocycles. The van der Waals surface area contributed by atoms with Crippen LogP contribution in [0.2, 0.25) is 13.3 Å². The van der Waals surface area contributed by atoms with Gasteiger partial charge in [-0.2, -0.15) is 0 Å². The van der Waals surface area contributed by atoms with Crippen LogP contribution in [0.25, 0.3) is 11.1 Å². The normalized spacial score (nSPS) is 11.2. The first-order chi connectivity index (χ1) is 16.6. The quantitative estimate of drug-likeness (QED) is 0.163. The Bertz CT molecular complexity index is 1050. The predicted octanol–water partition coefficient (Wildman–Crippen LogP) is 9.12. The molecule has 34 heavy (non-hydrogen) atoms. The minimum absolute atomic E-state index is 1.08. The Morgan fingerprint density at radius 3 is 1.71 bits per heavy atom. The van der Waals surface area contributed by atoms with Crippen LogP contribution in [0.4, 0.5) is 0 Å². The van der Waals surface area contributed by atoms with Gasteiger partial charge in [0.25, 0.3) is 0 Å². The molecule has 0 aliphatic carbocycles. The van der Waals surface area contributed by atoms with Gasteiger partial charge in [-0.25, -0.2) is 0 Å². The molecule has 0 nitrogen and oxygen atoms in total. The van der Waals surface area contributed by atoms with Gasteiger partial charge in [0.05, 0.1) is 0 Å². The number of hydrogen-bond acceptors (Lipinski definition) is 0. The monoisotopic (exact) mass is 558 g/mol. The van der Waals surface area contributed by atoms with Crippen LogP contribution in [0.15, 0.2) is 72.8 Å². The van der Waals surface area contributed by atoms with Gasteiger partial charge >= 0.3 is 214 Å². The second-order valence-electron chi connectivity index (χ2n) is 9.79. The third-order valence-electron chi connectivity index (χ3n) is 7.16. The van der Waals surface area contributed by atoms with Crippen molar-refractivity contribution in [1.29, 1.82) is 0 Å². The molecule has 0 heterocycles. The van der Waals surface area contributed by atoms with Gasteiger partial charge in [0, 0.05) is 0 Å². The van der Waals surface area contributed by atoms with Crippen molar-refractivity contribution in [3.8, 4) is 23.0 Å². The first kappa shape index (κ1) is 26.6. The zero-order valence-corrected chi connectivity index (χ0v) is 24.6. The Balaban J connectivity index is 2.19. The van der Waals surface area contributed by atoms with Gasteiger partial charge < -0.3 is 0 Å². The molecule has 0 amide bonds. The third kappa shape index (κ3) is 7.02. The molecule has 0 radical (unpaired) electrons. The summed E-state index contributed by atoms with van der Waals surface area (Å²) in [6.45, 7) is 9.46. The number of aryl methyl sites for hydroxylation is 1. The molecule has 3 aromatic rings. The summed E-state index contributed by atoms with van der Waals surface area (Å²) >= 11 is -2.57. The van der Waals surface area contributed by atoms with Crippen molar-refractivity contribution in [2.75, 3.05) is 0 Å². The van der Waals surface area contributed by atoms with Crippen molar-refractivity contribution in [2.24, 2.45) is 0 Å². The van der Waals surface area contributed by atoms with Crippen molar-refractivity contribution in [2.45, 2.75) is 79.5 Å². The molecule has 3 aromatic carbocycles. The molecule has 0 saturated heterocycles. The van der Waals surface area contributed by atoms with Crippen LogP contribution in [-0.2, 0) is 0 Å². The summed E-state index contributed by atoms with van der Waals surface area (Å²) in [6.07, 6.45) is 8.06. The minimum atomic E-state index is -2.57. The summed E-state index contributed by atoms with van der Waals surface area (Å²) in [5.74, 6) is 7.09. The first-order valence-electron chi connectivity index (χ1n) is 13.4. The van der Waals surface area contributed by atoms with Gasteiger partial charge in [0.15, 0.2) is 0 Å². The van der Waals surface area contributed by atoms with Crippen molar-refractivity contribution in [3.05, 3.63) is 89.5 Å².